The zero-order valence-corrected chi connectivity index (χ0v) is 11.1. The highest BCUT2D eigenvalue weighted by Gasteiger charge is 2.13. The Labute approximate surface area is 103 Å². The summed E-state index contributed by atoms with van der Waals surface area (Å²) in [6.07, 6.45) is 2.52. The van der Waals surface area contributed by atoms with Crippen LogP contribution in [0.5, 0.6) is 0 Å². The van der Waals surface area contributed by atoms with E-state index in [0.717, 1.165) is 26.3 Å². The molecule has 0 aliphatic carbocycles. The molecule has 0 radical (unpaired) electrons. The Hall–Kier alpha value is 0.1000. The molecular weight excluding hydrogens is 274 g/mol. The third kappa shape index (κ3) is 3.55. The van der Waals surface area contributed by atoms with Gasteiger partial charge in [-0.25, -0.2) is 0 Å². The highest BCUT2D eigenvalue weighted by Crippen LogP contribution is 2.22. The van der Waals surface area contributed by atoms with Crippen molar-refractivity contribution in [2.24, 2.45) is 5.92 Å². The Morgan fingerprint density at radius 3 is 3.20 bits per heavy atom. The van der Waals surface area contributed by atoms with Crippen molar-refractivity contribution in [2.45, 2.75) is 19.4 Å². The lowest BCUT2D eigenvalue weighted by Crippen LogP contribution is -2.28. The molecule has 0 spiro atoms. The van der Waals surface area contributed by atoms with Gasteiger partial charge in [-0.1, -0.05) is 0 Å². The van der Waals surface area contributed by atoms with E-state index in [9.17, 15) is 0 Å². The molecule has 1 aliphatic heterocycles. The highest BCUT2D eigenvalue weighted by atomic mass is 79.9. The summed E-state index contributed by atoms with van der Waals surface area (Å²) in [5.74, 6) is 0.706. The minimum absolute atomic E-state index is 0.706. The number of hydrogen-bond donors (Lipinski definition) is 1. The standard InChI is InChI=1S/C11H16BrNOS/c12-10-3-5-15-11(10)7-13-6-9-2-1-4-14-8-9/h3,5,9,13H,1-2,4,6-8H2. The first kappa shape index (κ1) is 11.6. The molecule has 0 bridgehead atoms. The van der Waals surface area contributed by atoms with Crippen molar-refractivity contribution < 1.29 is 4.74 Å². The largest absolute Gasteiger partial charge is 0.381 e. The fraction of sp³-hybridized carbons (Fsp3) is 0.636. The van der Waals surface area contributed by atoms with Gasteiger partial charge in [0.15, 0.2) is 0 Å². The molecule has 0 amide bonds. The number of thiophene rings is 1. The summed E-state index contributed by atoms with van der Waals surface area (Å²) in [6, 6.07) is 2.10. The maximum atomic E-state index is 5.45. The second-order valence-corrected chi connectivity index (χ2v) is 5.76. The maximum absolute atomic E-state index is 5.45. The van der Waals surface area contributed by atoms with Gasteiger partial charge in [-0.05, 0) is 46.1 Å². The first-order valence-corrected chi connectivity index (χ1v) is 7.04. The highest BCUT2D eigenvalue weighted by molar-refractivity contribution is 9.10. The molecule has 84 valence electrons. The molecule has 2 rings (SSSR count). The van der Waals surface area contributed by atoms with Crippen LogP contribution in [0.15, 0.2) is 15.9 Å². The maximum Gasteiger partial charge on any atom is 0.0506 e. The minimum atomic E-state index is 0.706. The van der Waals surface area contributed by atoms with E-state index in [4.69, 9.17) is 4.74 Å². The third-order valence-electron chi connectivity index (χ3n) is 2.66. The molecular formula is C11H16BrNOS. The van der Waals surface area contributed by atoms with Gasteiger partial charge < -0.3 is 10.1 Å². The summed E-state index contributed by atoms with van der Waals surface area (Å²) in [6.45, 7) is 3.92. The van der Waals surface area contributed by atoms with E-state index in [1.54, 1.807) is 11.3 Å². The summed E-state index contributed by atoms with van der Waals surface area (Å²) < 4.78 is 6.67. The van der Waals surface area contributed by atoms with Crippen molar-refractivity contribution in [3.63, 3.8) is 0 Å². The number of nitrogens with one attached hydrogen (secondary N) is 1. The lowest BCUT2D eigenvalue weighted by atomic mass is 10.0. The second kappa shape index (κ2) is 5.99. The number of halogens is 1. The van der Waals surface area contributed by atoms with E-state index in [1.807, 2.05) is 0 Å². The van der Waals surface area contributed by atoms with Gasteiger partial charge in [0, 0.05) is 29.0 Å². The number of hydrogen-bond acceptors (Lipinski definition) is 3. The fourth-order valence-corrected chi connectivity index (χ4v) is 3.27. The molecule has 2 nitrogen and oxygen atoms in total. The predicted octanol–water partition coefficient (Wildman–Crippen LogP) is 3.03. The van der Waals surface area contributed by atoms with Crippen molar-refractivity contribution >= 4 is 27.3 Å². The Bertz CT molecular complexity index is 297. The molecule has 1 fully saturated rings. The van der Waals surface area contributed by atoms with E-state index >= 15 is 0 Å². The first-order chi connectivity index (χ1) is 7.36. The average molecular weight is 290 g/mol. The van der Waals surface area contributed by atoms with E-state index in [0.29, 0.717) is 5.92 Å². The minimum Gasteiger partial charge on any atom is -0.381 e. The van der Waals surface area contributed by atoms with Crippen LogP contribution in [0.3, 0.4) is 0 Å². The zero-order chi connectivity index (χ0) is 10.5. The van der Waals surface area contributed by atoms with Gasteiger partial charge in [0.1, 0.15) is 0 Å². The summed E-state index contributed by atoms with van der Waals surface area (Å²) in [7, 11) is 0. The molecule has 1 aliphatic rings. The van der Waals surface area contributed by atoms with Crippen LogP contribution in [0, 0.1) is 5.92 Å². The summed E-state index contributed by atoms with van der Waals surface area (Å²) in [4.78, 5) is 1.38. The Balaban J connectivity index is 1.68. The van der Waals surface area contributed by atoms with Crippen LogP contribution < -0.4 is 5.32 Å². The Kier molecular flexibility index (Phi) is 4.62. The van der Waals surface area contributed by atoms with Crippen LogP contribution in [0.25, 0.3) is 0 Å². The molecule has 1 atom stereocenters. The SMILES string of the molecule is Brc1ccsc1CNCC1CCCOC1. The van der Waals surface area contributed by atoms with Gasteiger partial charge >= 0.3 is 0 Å². The Morgan fingerprint density at radius 1 is 1.60 bits per heavy atom. The number of rotatable bonds is 4. The summed E-state index contributed by atoms with van der Waals surface area (Å²) in [5.41, 5.74) is 0. The summed E-state index contributed by atoms with van der Waals surface area (Å²) >= 11 is 5.33. The van der Waals surface area contributed by atoms with E-state index < -0.39 is 0 Å². The molecule has 15 heavy (non-hydrogen) atoms. The van der Waals surface area contributed by atoms with Gasteiger partial charge in [-0.2, -0.15) is 0 Å². The van der Waals surface area contributed by atoms with E-state index in [2.05, 4.69) is 32.7 Å². The molecule has 0 aromatic carbocycles. The van der Waals surface area contributed by atoms with Crippen LogP contribution in [-0.2, 0) is 11.3 Å². The van der Waals surface area contributed by atoms with E-state index in [-0.39, 0.29) is 0 Å². The predicted molar refractivity (Wildman–Crippen MR) is 67.3 cm³/mol. The molecule has 2 heterocycles. The molecule has 1 unspecified atom stereocenters. The smallest absolute Gasteiger partial charge is 0.0506 e. The lowest BCUT2D eigenvalue weighted by Gasteiger charge is -2.22. The van der Waals surface area contributed by atoms with Crippen molar-refractivity contribution in [2.75, 3.05) is 19.8 Å². The van der Waals surface area contributed by atoms with Crippen molar-refractivity contribution in [1.82, 2.24) is 5.32 Å². The van der Waals surface area contributed by atoms with Crippen LogP contribution in [0.4, 0.5) is 0 Å². The second-order valence-electron chi connectivity index (χ2n) is 3.91. The lowest BCUT2D eigenvalue weighted by molar-refractivity contribution is 0.0548. The molecule has 1 aromatic rings. The monoisotopic (exact) mass is 289 g/mol. The van der Waals surface area contributed by atoms with Gasteiger partial charge in [0.2, 0.25) is 0 Å². The van der Waals surface area contributed by atoms with Crippen molar-refractivity contribution in [3.05, 3.63) is 20.8 Å². The van der Waals surface area contributed by atoms with E-state index in [1.165, 1.54) is 22.2 Å². The van der Waals surface area contributed by atoms with Crippen molar-refractivity contribution in [3.8, 4) is 0 Å². The van der Waals surface area contributed by atoms with Gasteiger partial charge in [0.05, 0.1) is 6.61 Å². The van der Waals surface area contributed by atoms with Gasteiger partial charge in [-0.15, -0.1) is 11.3 Å². The van der Waals surface area contributed by atoms with Crippen LogP contribution in [0.1, 0.15) is 17.7 Å². The Morgan fingerprint density at radius 2 is 2.53 bits per heavy atom. The molecule has 4 heteroatoms. The average Bonchev–Trinajstić information content (AvgIpc) is 2.66. The van der Waals surface area contributed by atoms with Crippen LogP contribution in [0.2, 0.25) is 0 Å². The van der Waals surface area contributed by atoms with Gasteiger partial charge in [-0.3, -0.25) is 0 Å². The fourth-order valence-electron chi connectivity index (χ4n) is 1.81. The van der Waals surface area contributed by atoms with Crippen LogP contribution >= 0.6 is 27.3 Å². The molecule has 1 saturated heterocycles. The summed E-state index contributed by atoms with van der Waals surface area (Å²) in [5, 5.41) is 5.61. The topological polar surface area (TPSA) is 21.3 Å². The third-order valence-corrected chi connectivity index (χ3v) is 4.59. The number of ether oxygens (including phenoxy) is 1. The molecule has 0 saturated carbocycles. The zero-order valence-electron chi connectivity index (χ0n) is 8.67. The first-order valence-electron chi connectivity index (χ1n) is 5.36. The molecule has 1 N–H and O–H groups in total. The molecule has 1 aromatic heterocycles. The van der Waals surface area contributed by atoms with Crippen molar-refractivity contribution in [1.29, 1.82) is 0 Å². The normalized spacial score (nSPS) is 21.8. The quantitative estimate of drug-likeness (QED) is 0.920. The van der Waals surface area contributed by atoms with Gasteiger partial charge in [0.25, 0.3) is 0 Å². The van der Waals surface area contributed by atoms with Crippen LogP contribution in [-0.4, -0.2) is 19.8 Å².